The van der Waals surface area contributed by atoms with Crippen LogP contribution in [-0.2, 0) is 16.6 Å². The van der Waals surface area contributed by atoms with Crippen LogP contribution in [0.2, 0.25) is 0 Å². The van der Waals surface area contributed by atoms with E-state index in [9.17, 15) is 13.2 Å². The normalized spacial score (nSPS) is 18.5. The number of thiophene rings is 1. The molecule has 0 radical (unpaired) electrons. The number of ether oxygens (including phenoxy) is 1. The summed E-state index contributed by atoms with van der Waals surface area (Å²) in [4.78, 5) is 14.0. The molecule has 1 aliphatic rings. The van der Waals surface area contributed by atoms with E-state index in [1.54, 1.807) is 46.8 Å². The number of nitrogens with zero attached hydrogens (tertiary/aromatic N) is 1. The van der Waals surface area contributed by atoms with Gasteiger partial charge in [-0.3, -0.25) is 4.79 Å². The van der Waals surface area contributed by atoms with Crippen molar-refractivity contribution in [2.75, 3.05) is 6.54 Å². The highest BCUT2D eigenvalue weighted by molar-refractivity contribution is 7.89. The van der Waals surface area contributed by atoms with Gasteiger partial charge in [0.25, 0.3) is 0 Å². The molecule has 0 fully saturated rings. The minimum Gasteiger partial charge on any atom is -0.488 e. The zero-order valence-electron chi connectivity index (χ0n) is 20.9. The number of hydrogen-bond acceptors (Lipinski definition) is 5. The van der Waals surface area contributed by atoms with E-state index in [1.807, 2.05) is 26.0 Å². The third-order valence-corrected chi connectivity index (χ3v) is 9.77. The van der Waals surface area contributed by atoms with E-state index < -0.39 is 10.0 Å². The van der Waals surface area contributed by atoms with Gasteiger partial charge in [-0.15, -0.1) is 11.3 Å². The minimum absolute atomic E-state index is 0.0766. The fraction of sp³-hybridized carbons (Fsp3) is 0.393. The Labute approximate surface area is 212 Å². The van der Waals surface area contributed by atoms with Crippen LogP contribution in [0.3, 0.4) is 0 Å². The number of carbonyl (C=O) groups is 1. The highest BCUT2D eigenvalue weighted by atomic mass is 32.2. The van der Waals surface area contributed by atoms with Crippen LogP contribution in [0.5, 0.6) is 5.75 Å². The van der Waals surface area contributed by atoms with Crippen LogP contribution in [0, 0.1) is 12.8 Å². The summed E-state index contributed by atoms with van der Waals surface area (Å²) in [6.45, 7) is 10.6. The maximum absolute atomic E-state index is 13.6. The molecule has 0 unspecified atom stereocenters. The van der Waals surface area contributed by atoms with Gasteiger partial charge < -0.3 is 4.74 Å². The van der Waals surface area contributed by atoms with Crippen molar-refractivity contribution in [1.29, 1.82) is 0 Å². The van der Waals surface area contributed by atoms with Crippen LogP contribution < -0.4 is 4.74 Å². The lowest BCUT2D eigenvalue weighted by Gasteiger charge is -2.25. The van der Waals surface area contributed by atoms with Gasteiger partial charge in [-0.25, -0.2) is 8.42 Å². The molecule has 5 nitrogen and oxygen atoms in total. The Morgan fingerprint density at radius 2 is 1.89 bits per heavy atom. The van der Waals surface area contributed by atoms with Crippen molar-refractivity contribution in [2.45, 2.75) is 64.5 Å². The number of fused-ring (bicyclic) bond motifs is 1. The summed E-state index contributed by atoms with van der Waals surface area (Å²) in [7, 11) is -3.71. The summed E-state index contributed by atoms with van der Waals surface area (Å²) in [5.74, 6) is 0.940. The predicted octanol–water partition coefficient (Wildman–Crippen LogP) is 6.41. The summed E-state index contributed by atoms with van der Waals surface area (Å²) < 4.78 is 34.9. The van der Waals surface area contributed by atoms with Crippen molar-refractivity contribution >= 4 is 27.1 Å². The summed E-state index contributed by atoms with van der Waals surface area (Å²) in [6, 6.07) is 17.2. The van der Waals surface area contributed by atoms with E-state index in [-0.39, 0.29) is 29.2 Å². The van der Waals surface area contributed by atoms with Gasteiger partial charge in [0.1, 0.15) is 16.7 Å². The van der Waals surface area contributed by atoms with Gasteiger partial charge in [0, 0.05) is 17.3 Å². The first-order chi connectivity index (χ1) is 16.6. The van der Waals surface area contributed by atoms with Gasteiger partial charge in [0.2, 0.25) is 10.0 Å². The minimum atomic E-state index is -3.71. The van der Waals surface area contributed by atoms with Crippen molar-refractivity contribution in [1.82, 2.24) is 4.31 Å². The predicted molar refractivity (Wildman–Crippen MR) is 141 cm³/mol. The second-order valence-corrected chi connectivity index (χ2v) is 12.6. The van der Waals surface area contributed by atoms with Crippen molar-refractivity contribution in [3.05, 3.63) is 81.0 Å². The van der Waals surface area contributed by atoms with Gasteiger partial charge in [0.05, 0.1) is 11.4 Å². The number of rotatable bonds is 7. The maximum atomic E-state index is 13.6. The Morgan fingerprint density at radius 3 is 2.54 bits per heavy atom. The number of sulfonamides is 1. The molecule has 186 valence electrons. The second kappa shape index (κ2) is 10.2. The molecule has 0 spiro atoms. The number of carbonyl (C=O) groups excluding carboxylic acids is 1. The average Bonchev–Trinajstić information content (AvgIpc) is 3.26. The first-order valence-electron chi connectivity index (χ1n) is 12.1. The van der Waals surface area contributed by atoms with Crippen LogP contribution in [0.1, 0.15) is 71.3 Å². The average molecular weight is 512 g/mol. The van der Waals surface area contributed by atoms with Gasteiger partial charge in [-0.05, 0) is 67.1 Å². The number of aryl methyl sites for hydroxylation is 1. The molecule has 35 heavy (non-hydrogen) atoms. The standard InChI is InChI=1S/C28H33NO4S2/c1-6-23-17-29(35(31,32)27-10-8-7-9-24(27)33-23)16-22-15-21(12-11-19(22)4)28(18(2)3)26-14-13-25(34-26)20(5)30/h7-15,18,23,28H,6,16-17H2,1-5H3/t23-,28-/m1/s1. The summed E-state index contributed by atoms with van der Waals surface area (Å²) in [5.41, 5.74) is 3.16. The molecule has 4 rings (SSSR count). The first kappa shape index (κ1) is 25.6. The van der Waals surface area contributed by atoms with Crippen molar-refractivity contribution < 1.29 is 17.9 Å². The number of benzene rings is 2. The number of para-hydroxylation sites is 1. The highest BCUT2D eigenvalue weighted by Crippen LogP contribution is 2.38. The zero-order valence-corrected chi connectivity index (χ0v) is 22.6. The van der Waals surface area contributed by atoms with Gasteiger partial charge in [0.15, 0.2) is 5.78 Å². The number of ketones is 1. The molecule has 0 aliphatic carbocycles. The first-order valence-corrected chi connectivity index (χ1v) is 14.3. The Morgan fingerprint density at radius 1 is 1.14 bits per heavy atom. The molecule has 7 heteroatoms. The number of hydrogen-bond donors (Lipinski definition) is 0. The van der Waals surface area contributed by atoms with Crippen molar-refractivity contribution in [3.8, 4) is 5.75 Å². The molecular weight excluding hydrogens is 478 g/mol. The molecule has 2 atom stereocenters. The Bertz CT molecular complexity index is 1330. The summed E-state index contributed by atoms with van der Waals surface area (Å²) in [5, 5.41) is 0. The summed E-state index contributed by atoms with van der Waals surface area (Å²) >= 11 is 1.54. The van der Waals surface area contributed by atoms with E-state index in [2.05, 4.69) is 32.0 Å². The lowest BCUT2D eigenvalue weighted by Crippen LogP contribution is -2.36. The fourth-order valence-electron chi connectivity index (χ4n) is 4.64. The van der Waals surface area contributed by atoms with E-state index in [4.69, 9.17) is 4.74 Å². The van der Waals surface area contributed by atoms with Crippen LogP contribution in [0.15, 0.2) is 59.5 Å². The molecule has 0 saturated carbocycles. The van der Waals surface area contributed by atoms with Gasteiger partial charge in [-0.2, -0.15) is 4.31 Å². The third-order valence-electron chi connectivity index (χ3n) is 6.65. The maximum Gasteiger partial charge on any atom is 0.247 e. The SMILES string of the molecule is CC[C@@H]1CN(Cc2cc([C@H](c3ccc(C(C)=O)s3)C(C)C)ccc2C)S(=O)(=O)c2ccccc2O1. The highest BCUT2D eigenvalue weighted by Gasteiger charge is 2.34. The molecular formula is C28H33NO4S2. The molecule has 2 aromatic carbocycles. The number of Topliss-reactive ketones (excluding diaryl/α,β-unsaturated/α-hetero) is 1. The molecule has 0 saturated heterocycles. The van der Waals surface area contributed by atoms with Gasteiger partial charge in [-0.1, -0.05) is 51.1 Å². The molecule has 1 aromatic heterocycles. The molecule has 2 heterocycles. The molecule has 0 bridgehead atoms. The van der Waals surface area contributed by atoms with E-state index in [0.717, 1.165) is 26.4 Å². The molecule has 3 aromatic rings. The van der Waals surface area contributed by atoms with E-state index >= 15 is 0 Å². The third kappa shape index (κ3) is 5.22. The Kier molecular flexibility index (Phi) is 7.50. The molecule has 0 amide bonds. The molecule has 1 aliphatic heterocycles. The fourth-order valence-corrected chi connectivity index (χ4v) is 7.41. The lowest BCUT2D eigenvalue weighted by atomic mass is 9.85. The zero-order chi connectivity index (χ0) is 25.3. The van der Waals surface area contributed by atoms with Crippen LogP contribution in [-0.4, -0.2) is 31.2 Å². The van der Waals surface area contributed by atoms with Crippen LogP contribution in [0.4, 0.5) is 0 Å². The monoisotopic (exact) mass is 511 g/mol. The van der Waals surface area contributed by atoms with Gasteiger partial charge >= 0.3 is 0 Å². The van der Waals surface area contributed by atoms with Crippen molar-refractivity contribution in [2.24, 2.45) is 5.92 Å². The largest absolute Gasteiger partial charge is 0.488 e. The smallest absolute Gasteiger partial charge is 0.247 e. The van der Waals surface area contributed by atoms with Crippen LogP contribution in [0.25, 0.3) is 0 Å². The van der Waals surface area contributed by atoms with E-state index in [0.29, 0.717) is 24.6 Å². The topological polar surface area (TPSA) is 63.7 Å². The molecule has 0 N–H and O–H groups in total. The van der Waals surface area contributed by atoms with Crippen LogP contribution >= 0.6 is 11.3 Å². The Hall–Kier alpha value is -2.48. The summed E-state index contributed by atoms with van der Waals surface area (Å²) in [6.07, 6.45) is 0.502. The quantitative estimate of drug-likeness (QED) is 0.344. The Balaban J connectivity index is 1.72. The second-order valence-electron chi connectivity index (χ2n) is 9.56. The lowest BCUT2D eigenvalue weighted by molar-refractivity contribution is 0.102. The van der Waals surface area contributed by atoms with Crippen molar-refractivity contribution in [3.63, 3.8) is 0 Å². The van der Waals surface area contributed by atoms with E-state index in [1.165, 1.54) is 0 Å².